The lowest BCUT2D eigenvalue weighted by Crippen LogP contribution is -2.42. The molecule has 2 aliphatic rings. The van der Waals surface area contributed by atoms with E-state index >= 15 is 0 Å². The van der Waals surface area contributed by atoms with Crippen molar-refractivity contribution in [2.45, 2.75) is 58.6 Å². The number of rotatable bonds is 6. The van der Waals surface area contributed by atoms with Gasteiger partial charge >= 0.3 is 12.1 Å². The predicted molar refractivity (Wildman–Crippen MR) is 169 cm³/mol. The molecule has 216 valence electrons. The number of fused-ring (bicyclic) bond motifs is 5. The molecule has 8 nitrogen and oxygen atoms in total. The monoisotopic (exact) mass is 677 g/mol. The molecule has 0 radical (unpaired) electrons. The molecule has 0 saturated heterocycles. The quantitative estimate of drug-likeness (QED) is 0.162. The lowest BCUT2D eigenvalue weighted by molar-refractivity contribution is -0.153. The van der Waals surface area contributed by atoms with E-state index < -0.39 is 11.5 Å². The molecule has 2 aromatic heterocycles. The van der Waals surface area contributed by atoms with Crippen molar-refractivity contribution < 1.29 is 19.1 Å². The summed E-state index contributed by atoms with van der Waals surface area (Å²) in [4.78, 5) is 45.8. The summed E-state index contributed by atoms with van der Waals surface area (Å²) in [6.45, 7) is 6.76. The van der Waals surface area contributed by atoms with Gasteiger partial charge in [0.1, 0.15) is 12.4 Å². The predicted octanol–water partition coefficient (Wildman–Crippen LogP) is 5.99. The van der Waals surface area contributed by atoms with Gasteiger partial charge in [0.15, 0.2) is 0 Å². The minimum absolute atomic E-state index is 0.0108. The largest absolute Gasteiger partial charge is 0.460 e. The lowest BCUT2D eigenvalue weighted by atomic mass is 9.76. The third-order valence-corrected chi connectivity index (χ3v) is 9.47. The van der Waals surface area contributed by atoms with Gasteiger partial charge in [-0.3, -0.25) is 9.59 Å². The molecule has 4 heterocycles. The van der Waals surface area contributed by atoms with Gasteiger partial charge in [0.2, 0.25) is 0 Å². The number of benzene rings is 2. The van der Waals surface area contributed by atoms with E-state index in [4.69, 9.17) is 14.5 Å². The van der Waals surface area contributed by atoms with E-state index in [1.807, 2.05) is 32.0 Å². The molecule has 0 aliphatic carbocycles. The maximum absolute atomic E-state index is 13.7. The fraction of sp³-hybridized carbons (Fsp3) is 0.333. The molecule has 0 spiro atoms. The fourth-order valence-corrected chi connectivity index (χ4v) is 6.35. The highest BCUT2D eigenvalue weighted by molar-refractivity contribution is 14.1. The third kappa shape index (κ3) is 4.67. The molecule has 0 fully saturated rings. The topological polar surface area (TPSA) is 90.7 Å². The van der Waals surface area contributed by atoms with Crippen molar-refractivity contribution >= 4 is 45.6 Å². The first-order valence-electron chi connectivity index (χ1n) is 14.2. The number of esters is 1. The van der Waals surface area contributed by atoms with Gasteiger partial charge in [-0.25, -0.2) is 9.78 Å². The Morgan fingerprint density at radius 3 is 2.60 bits per heavy atom. The number of ether oxygens (including phenoxy) is 2. The normalized spacial score (nSPS) is 16.9. The fourth-order valence-electron chi connectivity index (χ4n) is 5.99. The summed E-state index contributed by atoms with van der Waals surface area (Å²) in [5.74, 6) is 0.144. The van der Waals surface area contributed by atoms with E-state index in [0.29, 0.717) is 37.2 Å². The number of carbonyl (C=O) groups excluding carboxylic acids is 2. The summed E-state index contributed by atoms with van der Waals surface area (Å²) < 4.78 is 14.1. The van der Waals surface area contributed by atoms with Gasteiger partial charge in [-0.15, -0.1) is 0 Å². The SMILES string of the molecule is CCc1c2c(nc3ccc(OC(=O)N(C)CCc4ccc(I)cc4)cc13)-c1cc3c(c(=O)n1C2)COC(=O)[C@]3(C)CC. The zero-order valence-electron chi connectivity index (χ0n) is 24.1. The Balaban J connectivity index is 1.31. The first-order valence-corrected chi connectivity index (χ1v) is 15.3. The van der Waals surface area contributed by atoms with Gasteiger partial charge in [-0.05, 0) is 102 Å². The van der Waals surface area contributed by atoms with E-state index in [0.717, 1.165) is 51.0 Å². The second kappa shape index (κ2) is 10.8. The summed E-state index contributed by atoms with van der Waals surface area (Å²) in [7, 11) is 1.73. The van der Waals surface area contributed by atoms with Crippen LogP contribution in [0.4, 0.5) is 4.79 Å². The number of cyclic esters (lactones) is 1. The molecule has 6 rings (SSSR count). The molecule has 2 aromatic carbocycles. The van der Waals surface area contributed by atoms with Crippen molar-refractivity contribution in [1.82, 2.24) is 14.5 Å². The van der Waals surface area contributed by atoms with Crippen molar-refractivity contribution in [3.05, 3.63) is 90.3 Å². The highest BCUT2D eigenvalue weighted by Gasteiger charge is 2.43. The van der Waals surface area contributed by atoms with Gasteiger partial charge in [0.25, 0.3) is 5.56 Å². The van der Waals surface area contributed by atoms with Crippen LogP contribution in [0.1, 0.15) is 55.0 Å². The minimum Gasteiger partial charge on any atom is -0.460 e. The summed E-state index contributed by atoms with van der Waals surface area (Å²) >= 11 is 2.27. The first-order chi connectivity index (χ1) is 20.1. The van der Waals surface area contributed by atoms with Crippen molar-refractivity contribution in [2.24, 2.45) is 0 Å². The van der Waals surface area contributed by atoms with Crippen molar-refractivity contribution in [1.29, 1.82) is 0 Å². The van der Waals surface area contributed by atoms with Gasteiger partial charge in [0.05, 0.1) is 34.4 Å². The Labute approximate surface area is 257 Å². The number of pyridine rings is 2. The number of aryl methyl sites for hydroxylation is 1. The average Bonchev–Trinajstić information content (AvgIpc) is 3.36. The average molecular weight is 678 g/mol. The Morgan fingerprint density at radius 1 is 1.12 bits per heavy atom. The van der Waals surface area contributed by atoms with Crippen LogP contribution in [0, 0.1) is 3.57 Å². The molecule has 4 aromatic rings. The second-order valence-corrected chi connectivity index (χ2v) is 12.4. The summed E-state index contributed by atoms with van der Waals surface area (Å²) in [5.41, 5.74) is 5.71. The highest BCUT2D eigenvalue weighted by Crippen LogP contribution is 2.41. The number of aromatic nitrogens is 2. The molecule has 42 heavy (non-hydrogen) atoms. The second-order valence-electron chi connectivity index (χ2n) is 11.2. The number of nitrogens with zero attached hydrogens (tertiary/aromatic N) is 3. The van der Waals surface area contributed by atoms with Gasteiger partial charge in [0, 0.05) is 28.1 Å². The van der Waals surface area contributed by atoms with E-state index in [2.05, 4.69) is 53.8 Å². The Hall–Kier alpha value is -3.73. The molecular formula is C33H32IN3O5. The Kier molecular flexibility index (Phi) is 7.32. The third-order valence-electron chi connectivity index (χ3n) is 8.75. The number of hydrogen-bond donors (Lipinski definition) is 0. The van der Waals surface area contributed by atoms with Crippen molar-refractivity contribution in [2.75, 3.05) is 13.6 Å². The van der Waals surface area contributed by atoms with Gasteiger partial charge < -0.3 is 18.9 Å². The van der Waals surface area contributed by atoms with E-state index in [1.165, 1.54) is 3.57 Å². The Bertz CT molecular complexity index is 1810. The van der Waals surface area contributed by atoms with Crippen LogP contribution >= 0.6 is 22.6 Å². The molecule has 0 bridgehead atoms. The van der Waals surface area contributed by atoms with Crippen LogP contribution < -0.4 is 10.3 Å². The number of halogens is 1. The van der Waals surface area contributed by atoms with Crippen LogP contribution in [0.25, 0.3) is 22.3 Å². The van der Waals surface area contributed by atoms with Crippen LogP contribution in [0.3, 0.4) is 0 Å². The molecular weight excluding hydrogens is 645 g/mol. The van der Waals surface area contributed by atoms with E-state index in [-0.39, 0.29) is 18.1 Å². The minimum atomic E-state index is -0.874. The number of amides is 1. The summed E-state index contributed by atoms with van der Waals surface area (Å²) in [6.07, 6.45) is 1.55. The van der Waals surface area contributed by atoms with E-state index in [1.54, 1.807) is 22.6 Å². The van der Waals surface area contributed by atoms with Crippen LogP contribution in [0.5, 0.6) is 5.75 Å². The lowest BCUT2D eigenvalue weighted by Gasteiger charge is -2.33. The van der Waals surface area contributed by atoms with Crippen LogP contribution in [0.2, 0.25) is 0 Å². The molecule has 9 heteroatoms. The standard InChI is InChI=1S/C33H32IN3O5/c1-5-22-23-15-21(42-32(40)36(4)14-13-19-7-9-20(34)10-8-19)11-12-27(23)35-29-24(22)17-37-28(29)16-26-25(30(37)38)18-41-31(39)33(26,3)6-2/h7-12,15-16H,5-6,13-14,17-18H2,1-4H3/t33-/m1/s1. The van der Waals surface area contributed by atoms with Gasteiger partial charge in [-0.2, -0.15) is 0 Å². The molecule has 0 unspecified atom stereocenters. The summed E-state index contributed by atoms with van der Waals surface area (Å²) in [5, 5.41) is 0.894. The number of likely N-dealkylation sites (N-methyl/N-ethyl adjacent to an activating group) is 1. The molecule has 0 saturated carbocycles. The maximum atomic E-state index is 13.7. The van der Waals surface area contributed by atoms with Crippen LogP contribution in [-0.2, 0) is 40.9 Å². The van der Waals surface area contributed by atoms with Crippen molar-refractivity contribution in [3.63, 3.8) is 0 Å². The summed E-state index contributed by atoms with van der Waals surface area (Å²) in [6, 6.07) is 15.7. The first kappa shape index (κ1) is 28.4. The number of hydrogen-bond acceptors (Lipinski definition) is 6. The molecule has 1 atom stereocenters. The smallest absolute Gasteiger partial charge is 0.414 e. The number of carbonyl (C=O) groups is 2. The zero-order chi connectivity index (χ0) is 29.8. The van der Waals surface area contributed by atoms with Crippen molar-refractivity contribution in [3.8, 4) is 17.1 Å². The maximum Gasteiger partial charge on any atom is 0.414 e. The zero-order valence-corrected chi connectivity index (χ0v) is 26.3. The van der Waals surface area contributed by atoms with Gasteiger partial charge in [-0.1, -0.05) is 26.0 Å². The highest BCUT2D eigenvalue weighted by atomic mass is 127. The molecule has 1 amide bonds. The molecule has 0 N–H and O–H groups in total. The molecule has 2 aliphatic heterocycles. The Morgan fingerprint density at radius 2 is 1.88 bits per heavy atom. The van der Waals surface area contributed by atoms with Crippen LogP contribution in [-0.4, -0.2) is 40.1 Å². The van der Waals surface area contributed by atoms with E-state index in [9.17, 15) is 14.4 Å². The van der Waals surface area contributed by atoms with Crippen LogP contribution in [0.15, 0.2) is 53.3 Å².